The highest BCUT2D eigenvalue weighted by atomic mass is 19.1. The van der Waals surface area contributed by atoms with Crippen LogP contribution >= 0.6 is 0 Å². The number of hydrogen-bond donors (Lipinski definition) is 1. The van der Waals surface area contributed by atoms with Crippen molar-refractivity contribution in [2.75, 3.05) is 0 Å². The van der Waals surface area contributed by atoms with E-state index in [4.69, 9.17) is 0 Å². The average molecular weight is 290 g/mol. The van der Waals surface area contributed by atoms with Gasteiger partial charge in [-0.3, -0.25) is 0 Å². The summed E-state index contributed by atoms with van der Waals surface area (Å²) in [5.74, 6) is 1.27. The molecule has 0 radical (unpaired) electrons. The maximum absolute atomic E-state index is 14.4. The second-order valence-electron chi connectivity index (χ2n) is 5.38. The van der Waals surface area contributed by atoms with Gasteiger partial charge in [0.2, 0.25) is 0 Å². The Labute approximate surface area is 125 Å². The van der Waals surface area contributed by atoms with Crippen molar-refractivity contribution in [2.24, 2.45) is 0 Å². The summed E-state index contributed by atoms with van der Waals surface area (Å²) in [5, 5.41) is 7.67. The van der Waals surface area contributed by atoms with Gasteiger partial charge in [-0.05, 0) is 17.7 Å². The van der Waals surface area contributed by atoms with Crippen molar-refractivity contribution in [1.82, 2.24) is 20.1 Å². The number of nitrogens with one attached hydrogen (secondary N) is 1. The van der Waals surface area contributed by atoms with Gasteiger partial charge >= 0.3 is 0 Å². The maximum atomic E-state index is 14.4. The molecule has 4 nitrogen and oxygen atoms in total. The van der Waals surface area contributed by atoms with Crippen LogP contribution in [0.1, 0.15) is 44.9 Å². The van der Waals surface area contributed by atoms with Crippen molar-refractivity contribution in [3.05, 3.63) is 41.2 Å². The number of aryl methyl sites for hydroxylation is 2. The van der Waals surface area contributed by atoms with Crippen molar-refractivity contribution in [2.45, 2.75) is 53.1 Å². The van der Waals surface area contributed by atoms with E-state index in [1.807, 2.05) is 19.9 Å². The molecule has 0 unspecified atom stereocenters. The summed E-state index contributed by atoms with van der Waals surface area (Å²) in [6.07, 6.45) is 1.47. The van der Waals surface area contributed by atoms with E-state index in [0.29, 0.717) is 18.3 Å². The molecule has 0 spiro atoms. The van der Waals surface area contributed by atoms with Crippen LogP contribution < -0.4 is 5.32 Å². The number of benzene rings is 1. The van der Waals surface area contributed by atoms with Gasteiger partial charge in [-0.1, -0.05) is 33.8 Å². The van der Waals surface area contributed by atoms with Crippen LogP contribution in [0.4, 0.5) is 4.39 Å². The first-order valence-electron chi connectivity index (χ1n) is 7.52. The van der Waals surface area contributed by atoms with Crippen LogP contribution in [0.3, 0.4) is 0 Å². The molecule has 1 N–H and O–H groups in total. The molecule has 1 heterocycles. The van der Waals surface area contributed by atoms with Crippen LogP contribution in [0.25, 0.3) is 5.69 Å². The lowest BCUT2D eigenvalue weighted by Crippen LogP contribution is -2.21. The summed E-state index contributed by atoms with van der Waals surface area (Å²) in [6.45, 7) is 8.79. The second kappa shape index (κ2) is 6.80. The van der Waals surface area contributed by atoms with Crippen molar-refractivity contribution < 1.29 is 4.39 Å². The van der Waals surface area contributed by atoms with E-state index in [1.54, 1.807) is 16.8 Å². The Morgan fingerprint density at radius 2 is 2.00 bits per heavy atom. The molecule has 0 aliphatic carbocycles. The first kappa shape index (κ1) is 15.6. The Bertz CT molecular complexity index is 604. The van der Waals surface area contributed by atoms with E-state index in [0.717, 1.165) is 30.1 Å². The largest absolute Gasteiger partial charge is 0.310 e. The molecule has 0 fully saturated rings. The molecular weight excluding hydrogens is 267 g/mol. The SMILES string of the molecule is CCc1nc(CC)n(-c2ccc(CNC(C)C)cc2F)n1. The van der Waals surface area contributed by atoms with Crippen LogP contribution in [-0.4, -0.2) is 20.8 Å². The van der Waals surface area contributed by atoms with E-state index in [1.165, 1.54) is 0 Å². The standard InChI is InChI=1S/C16H23FN4/c1-5-15-19-16(6-2)21(20-15)14-8-7-12(9-13(14)17)10-18-11(3)4/h7-9,11,18H,5-6,10H2,1-4H3. The van der Waals surface area contributed by atoms with Gasteiger partial charge < -0.3 is 5.32 Å². The molecule has 0 aliphatic heterocycles. The van der Waals surface area contributed by atoms with Crippen molar-refractivity contribution in [3.8, 4) is 5.69 Å². The average Bonchev–Trinajstić information content (AvgIpc) is 2.88. The fourth-order valence-corrected chi connectivity index (χ4v) is 2.12. The quantitative estimate of drug-likeness (QED) is 0.889. The van der Waals surface area contributed by atoms with Gasteiger partial charge in [0.05, 0.1) is 0 Å². The summed E-state index contributed by atoms with van der Waals surface area (Å²) in [4.78, 5) is 4.42. The summed E-state index contributed by atoms with van der Waals surface area (Å²) in [7, 11) is 0. The van der Waals surface area contributed by atoms with Gasteiger partial charge in [0.15, 0.2) is 5.82 Å². The highest BCUT2D eigenvalue weighted by Gasteiger charge is 2.13. The molecule has 21 heavy (non-hydrogen) atoms. The Morgan fingerprint density at radius 3 is 2.57 bits per heavy atom. The van der Waals surface area contributed by atoms with E-state index in [-0.39, 0.29) is 5.82 Å². The number of nitrogens with zero attached hydrogens (tertiary/aromatic N) is 3. The monoisotopic (exact) mass is 290 g/mol. The molecule has 2 rings (SSSR count). The zero-order valence-electron chi connectivity index (χ0n) is 13.2. The molecule has 0 amide bonds. The summed E-state index contributed by atoms with van der Waals surface area (Å²) in [6, 6.07) is 5.65. The Morgan fingerprint density at radius 1 is 1.24 bits per heavy atom. The molecule has 1 aromatic heterocycles. The topological polar surface area (TPSA) is 42.7 Å². The lowest BCUT2D eigenvalue weighted by atomic mass is 10.2. The zero-order chi connectivity index (χ0) is 15.4. The Kier molecular flexibility index (Phi) is 5.07. The highest BCUT2D eigenvalue weighted by Crippen LogP contribution is 2.17. The Balaban J connectivity index is 2.30. The van der Waals surface area contributed by atoms with E-state index in [9.17, 15) is 4.39 Å². The zero-order valence-corrected chi connectivity index (χ0v) is 13.2. The summed E-state index contributed by atoms with van der Waals surface area (Å²) < 4.78 is 16.0. The van der Waals surface area contributed by atoms with Crippen LogP contribution in [0.15, 0.2) is 18.2 Å². The fraction of sp³-hybridized carbons (Fsp3) is 0.500. The summed E-state index contributed by atoms with van der Waals surface area (Å²) in [5.41, 5.74) is 1.39. The van der Waals surface area contributed by atoms with Gasteiger partial charge in [-0.2, -0.15) is 5.10 Å². The molecule has 0 bridgehead atoms. The molecule has 0 atom stereocenters. The van der Waals surface area contributed by atoms with Gasteiger partial charge in [-0.25, -0.2) is 14.1 Å². The van der Waals surface area contributed by atoms with Crippen LogP contribution in [-0.2, 0) is 19.4 Å². The van der Waals surface area contributed by atoms with Crippen LogP contribution in [0.5, 0.6) is 0 Å². The van der Waals surface area contributed by atoms with E-state index >= 15 is 0 Å². The molecule has 114 valence electrons. The third-order valence-electron chi connectivity index (χ3n) is 3.31. The molecule has 2 aromatic rings. The molecule has 0 saturated carbocycles. The first-order chi connectivity index (χ1) is 10.0. The summed E-state index contributed by atoms with van der Waals surface area (Å²) >= 11 is 0. The third-order valence-corrected chi connectivity index (χ3v) is 3.31. The van der Waals surface area contributed by atoms with Gasteiger partial charge in [0.1, 0.15) is 17.3 Å². The van der Waals surface area contributed by atoms with Gasteiger partial charge in [-0.15, -0.1) is 0 Å². The number of hydrogen-bond acceptors (Lipinski definition) is 3. The lowest BCUT2D eigenvalue weighted by molar-refractivity contribution is 0.576. The molecule has 5 heteroatoms. The first-order valence-corrected chi connectivity index (χ1v) is 7.52. The third kappa shape index (κ3) is 3.67. The van der Waals surface area contributed by atoms with E-state index < -0.39 is 0 Å². The molecule has 1 aromatic carbocycles. The fourth-order valence-electron chi connectivity index (χ4n) is 2.12. The molecule has 0 aliphatic rings. The number of rotatable bonds is 6. The van der Waals surface area contributed by atoms with Gasteiger partial charge in [0.25, 0.3) is 0 Å². The van der Waals surface area contributed by atoms with Crippen LogP contribution in [0, 0.1) is 5.82 Å². The predicted octanol–water partition coefficient (Wildman–Crippen LogP) is 3.03. The minimum absolute atomic E-state index is 0.264. The minimum Gasteiger partial charge on any atom is -0.310 e. The lowest BCUT2D eigenvalue weighted by Gasteiger charge is -2.10. The van der Waals surface area contributed by atoms with Crippen LogP contribution in [0.2, 0.25) is 0 Å². The predicted molar refractivity (Wildman–Crippen MR) is 82.0 cm³/mol. The Hall–Kier alpha value is -1.75. The number of aromatic nitrogens is 3. The highest BCUT2D eigenvalue weighted by molar-refractivity contribution is 5.36. The maximum Gasteiger partial charge on any atom is 0.151 e. The molecule has 0 saturated heterocycles. The normalized spacial score (nSPS) is 11.3. The molecular formula is C16H23FN4. The number of halogens is 1. The smallest absolute Gasteiger partial charge is 0.151 e. The van der Waals surface area contributed by atoms with Gasteiger partial charge in [0, 0.05) is 25.4 Å². The van der Waals surface area contributed by atoms with Crippen molar-refractivity contribution in [1.29, 1.82) is 0 Å². The van der Waals surface area contributed by atoms with E-state index in [2.05, 4.69) is 29.2 Å². The second-order valence-corrected chi connectivity index (χ2v) is 5.38. The minimum atomic E-state index is -0.264. The van der Waals surface area contributed by atoms with Crippen molar-refractivity contribution in [3.63, 3.8) is 0 Å². The van der Waals surface area contributed by atoms with Crippen molar-refractivity contribution >= 4 is 0 Å².